The molecule has 3 N–H and O–H groups in total. The van der Waals surface area contributed by atoms with Gasteiger partial charge in [-0.1, -0.05) is 19.3 Å². The maximum absolute atomic E-state index is 6.27. The predicted octanol–water partition coefficient (Wildman–Crippen LogP) is 1.75. The number of rotatable bonds is 4. The van der Waals surface area contributed by atoms with Crippen LogP contribution in [0.5, 0.6) is 0 Å². The van der Waals surface area contributed by atoms with Gasteiger partial charge < -0.3 is 15.3 Å². The third-order valence-corrected chi connectivity index (χ3v) is 3.90. The topological polar surface area (TPSA) is 85.4 Å². The van der Waals surface area contributed by atoms with Crippen molar-refractivity contribution >= 4 is 0 Å². The Morgan fingerprint density at radius 3 is 2.95 bits per heavy atom. The monoisotopic (exact) mass is 260 g/mol. The normalized spacial score (nSPS) is 18.6. The van der Waals surface area contributed by atoms with E-state index >= 15 is 0 Å². The van der Waals surface area contributed by atoms with Gasteiger partial charge in [-0.2, -0.15) is 0 Å². The first-order valence-electron chi connectivity index (χ1n) is 6.97. The van der Waals surface area contributed by atoms with Crippen molar-refractivity contribution in [2.24, 2.45) is 5.73 Å². The van der Waals surface area contributed by atoms with Crippen LogP contribution in [-0.2, 0) is 6.42 Å². The van der Waals surface area contributed by atoms with Crippen LogP contribution in [0.2, 0.25) is 0 Å². The largest absolute Gasteiger partial charge is 0.348 e. The van der Waals surface area contributed by atoms with Crippen molar-refractivity contribution in [3.05, 3.63) is 30.4 Å². The minimum Gasteiger partial charge on any atom is -0.348 e. The Bertz CT molecular complexity index is 497. The van der Waals surface area contributed by atoms with E-state index < -0.39 is 0 Å². The molecule has 1 aliphatic rings. The highest BCUT2D eigenvalue weighted by Crippen LogP contribution is 2.29. The summed E-state index contributed by atoms with van der Waals surface area (Å²) in [6.45, 7) is 0. The first kappa shape index (κ1) is 12.3. The summed E-state index contributed by atoms with van der Waals surface area (Å²) in [4.78, 5) is 7.10. The fourth-order valence-corrected chi connectivity index (χ4v) is 2.88. The lowest BCUT2D eigenvalue weighted by Crippen LogP contribution is -2.22. The highest BCUT2D eigenvalue weighted by Gasteiger charge is 2.22. The van der Waals surface area contributed by atoms with Crippen molar-refractivity contribution in [2.45, 2.75) is 50.6 Å². The fraction of sp³-hybridized carbons (Fsp3) is 0.615. The zero-order valence-electron chi connectivity index (χ0n) is 11.0. The molecule has 1 atom stereocenters. The molecule has 1 saturated carbocycles. The van der Waals surface area contributed by atoms with E-state index in [0.717, 1.165) is 11.5 Å². The minimum atomic E-state index is -0.134. The fourth-order valence-electron chi connectivity index (χ4n) is 2.88. The average Bonchev–Trinajstić information content (AvgIpc) is 3.10. The van der Waals surface area contributed by atoms with Crippen molar-refractivity contribution in [1.82, 2.24) is 24.7 Å². The van der Waals surface area contributed by atoms with Crippen LogP contribution in [0.15, 0.2) is 18.9 Å². The van der Waals surface area contributed by atoms with Crippen molar-refractivity contribution in [3.8, 4) is 0 Å². The summed E-state index contributed by atoms with van der Waals surface area (Å²) in [6.07, 6.45) is 12.4. The van der Waals surface area contributed by atoms with Crippen molar-refractivity contribution in [2.75, 3.05) is 0 Å². The maximum atomic E-state index is 6.27. The Hall–Kier alpha value is -1.69. The highest BCUT2D eigenvalue weighted by atomic mass is 15.3. The molecule has 3 rings (SSSR count). The van der Waals surface area contributed by atoms with Gasteiger partial charge in [0.25, 0.3) is 0 Å². The van der Waals surface area contributed by atoms with Gasteiger partial charge in [0.15, 0.2) is 0 Å². The van der Waals surface area contributed by atoms with E-state index in [1.54, 1.807) is 12.5 Å². The molecule has 2 heterocycles. The van der Waals surface area contributed by atoms with Gasteiger partial charge in [0.1, 0.15) is 12.2 Å². The Morgan fingerprint density at radius 1 is 1.37 bits per heavy atom. The lowest BCUT2D eigenvalue weighted by molar-refractivity contribution is 0.340. The molecule has 1 aliphatic carbocycles. The number of nitrogens with two attached hydrogens (primary N) is 1. The van der Waals surface area contributed by atoms with E-state index in [1.165, 1.54) is 32.1 Å². The van der Waals surface area contributed by atoms with Gasteiger partial charge in [-0.05, 0) is 12.8 Å². The van der Waals surface area contributed by atoms with Crippen LogP contribution in [0, 0.1) is 0 Å². The highest BCUT2D eigenvalue weighted by molar-refractivity contribution is 5.04. The molecule has 6 nitrogen and oxygen atoms in total. The van der Waals surface area contributed by atoms with Gasteiger partial charge >= 0.3 is 0 Å². The number of nitrogens with one attached hydrogen (secondary N) is 1. The van der Waals surface area contributed by atoms with Crippen LogP contribution >= 0.6 is 0 Å². The zero-order valence-corrected chi connectivity index (χ0v) is 11.0. The molecule has 2 aromatic heterocycles. The molecule has 6 heteroatoms. The van der Waals surface area contributed by atoms with Crippen LogP contribution < -0.4 is 5.73 Å². The Labute approximate surface area is 112 Å². The average molecular weight is 260 g/mol. The molecule has 2 aromatic rings. The van der Waals surface area contributed by atoms with Crippen LogP contribution in [0.4, 0.5) is 0 Å². The Morgan fingerprint density at radius 2 is 2.21 bits per heavy atom. The van der Waals surface area contributed by atoms with E-state index in [9.17, 15) is 0 Å². The minimum absolute atomic E-state index is 0.134. The molecule has 0 saturated heterocycles. The number of imidazole rings is 1. The van der Waals surface area contributed by atoms with E-state index in [-0.39, 0.29) is 6.04 Å². The van der Waals surface area contributed by atoms with Crippen LogP contribution in [0.3, 0.4) is 0 Å². The first-order valence-corrected chi connectivity index (χ1v) is 6.97. The van der Waals surface area contributed by atoms with Crippen LogP contribution in [-0.4, -0.2) is 24.7 Å². The van der Waals surface area contributed by atoms with Crippen molar-refractivity contribution in [3.63, 3.8) is 0 Å². The molecule has 0 amide bonds. The maximum Gasteiger partial charge on any atom is 0.150 e. The number of aromatic amines is 1. The lowest BCUT2D eigenvalue weighted by Gasteiger charge is -2.25. The molecule has 1 fully saturated rings. The smallest absolute Gasteiger partial charge is 0.150 e. The van der Waals surface area contributed by atoms with E-state index in [1.807, 2.05) is 6.33 Å². The number of nitrogens with zero attached hydrogens (tertiary/aromatic N) is 4. The second kappa shape index (κ2) is 5.52. The van der Waals surface area contributed by atoms with Gasteiger partial charge in [-0.15, -0.1) is 10.2 Å². The standard InChI is InChI=1S/C13H20N6/c14-12(6-10-7-15-8-16-10)13-18-17-9-19(13)11-4-2-1-3-5-11/h7-9,11-12H,1-6,14H2,(H,15,16). The van der Waals surface area contributed by atoms with E-state index in [0.29, 0.717) is 12.5 Å². The lowest BCUT2D eigenvalue weighted by atomic mass is 9.95. The molecule has 1 unspecified atom stereocenters. The van der Waals surface area contributed by atoms with Gasteiger partial charge in [0.05, 0.1) is 12.4 Å². The van der Waals surface area contributed by atoms with Crippen molar-refractivity contribution in [1.29, 1.82) is 0 Å². The Kier molecular flexibility index (Phi) is 3.59. The SMILES string of the molecule is NC(Cc1cnc[nH]1)c1nncn1C1CCCCC1. The number of H-pyrrole nitrogens is 1. The van der Waals surface area contributed by atoms with Crippen molar-refractivity contribution < 1.29 is 0 Å². The number of aromatic nitrogens is 5. The first-order chi connectivity index (χ1) is 9.34. The molecule has 102 valence electrons. The Balaban J connectivity index is 1.75. The summed E-state index contributed by atoms with van der Waals surface area (Å²) >= 11 is 0. The van der Waals surface area contributed by atoms with E-state index in [2.05, 4.69) is 24.7 Å². The zero-order chi connectivity index (χ0) is 13.1. The number of hydrogen-bond acceptors (Lipinski definition) is 4. The third-order valence-electron chi connectivity index (χ3n) is 3.90. The van der Waals surface area contributed by atoms with Gasteiger partial charge in [-0.3, -0.25) is 0 Å². The number of hydrogen-bond donors (Lipinski definition) is 2. The summed E-state index contributed by atoms with van der Waals surface area (Å²) in [5, 5.41) is 8.28. The van der Waals surface area contributed by atoms with Gasteiger partial charge in [0.2, 0.25) is 0 Å². The molecule has 0 spiro atoms. The molecule has 0 bridgehead atoms. The molecule has 0 aromatic carbocycles. The van der Waals surface area contributed by atoms with Crippen LogP contribution in [0.25, 0.3) is 0 Å². The molecule has 19 heavy (non-hydrogen) atoms. The molecule has 0 radical (unpaired) electrons. The molecule has 0 aliphatic heterocycles. The summed E-state index contributed by atoms with van der Waals surface area (Å²) in [5.41, 5.74) is 7.30. The second-order valence-corrected chi connectivity index (χ2v) is 5.28. The van der Waals surface area contributed by atoms with Gasteiger partial charge in [-0.25, -0.2) is 4.98 Å². The quantitative estimate of drug-likeness (QED) is 0.877. The summed E-state index contributed by atoms with van der Waals surface area (Å²) in [6, 6.07) is 0.386. The van der Waals surface area contributed by atoms with Gasteiger partial charge in [0, 0.05) is 24.4 Å². The molecular formula is C13H20N6. The summed E-state index contributed by atoms with van der Waals surface area (Å²) in [7, 11) is 0. The van der Waals surface area contributed by atoms with Crippen LogP contribution in [0.1, 0.15) is 55.7 Å². The van der Waals surface area contributed by atoms with E-state index in [4.69, 9.17) is 5.73 Å². The molecular weight excluding hydrogens is 240 g/mol. The third kappa shape index (κ3) is 2.68. The second-order valence-electron chi connectivity index (χ2n) is 5.28. The predicted molar refractivity (Wildman–Crippen MR) is 71.4 cm³/mol. The summed E-state index contributed by atoms with van der Waals surface area (Å²) < 4.78 is 2.18. The summed E-state index contributed by atoms with van der Waals surface area (Å²) in [5.74, 6) is 0.890.